The Kier molecular flexibility index (Phi) is 9.85. The zero-order valence-corrected chi connectivity index (χ0v) is 16.8. The van der Waals surface area contributed by atoms with E-state index in [9.17, 15) is 0 Å². The van der Waals surface area contributed by atoms with Crippen LogP contribution in [0.4, 0.5) is 0 Å². The van der Waals surface area contributed by atoms with Crippen molar-refractivity contribution in [1.82, 2.24) is 10.2 Å². The summed E-state index contributed by atoms with van der Waals surface area (Å²) in [6.45, 7) is 15.4. The molecule has 1 fully saturated rings. The molecule has 0 amide bonds. The molecule has 3 N–H and O–H groups in total. The quantitative estimate of drug-likeness (QED) is 0.402. The van der Waals surface area contributed by atoms with Gasteiger partial charge in [0.15, 0.2) is 5.96 Å². The van der Waals surface area contributed by atoms with E-state index in [1.54, 1.807) is 0 Å². The van der Waals surface area contributed by atoms with Gasteiger partial charge in [-0.1, -0.05) is 20.8 Å². The van der Waals surface area contributed by atoms with Crippen LogP contribution >= 0.6 is 24.0 Å². The number of rotatable bonds is 6. The number of nitrogens with zero attached hydrogens (tertiary/aromatic N) is 2. The van der Waals surface area contributed by atoms with Crippen molar-refractivity contribution in [1.29, 1.82) is 0 Å². The van der Waals surface area contributed by atoms with E-state index in [0.717, 1.165) is 25.4 Å². The number of piperidine rings is 1. The standard InChI is InChI=1S/C16H34N4.HI/c1-13(2)8-9-18-15(17)19-12-16(4,5)20-10-6-7-14(3)11-20;/h13-14H,6-12H2,1-5H3,(H3,17,18,19);1H. The first kappa shape index (κ1) is 21.0. The van der Waals surface area contributed by atoms with Crippen molar-refractivity contribution in [2.75, 3.05) is 26.2 Å². The number of hydrogen-bond acceptors (Lipinski definition) is 2. The van der Waals surface area contributed by atoms with E-state index in [-0.39, 0.29) is 29.5 Å². The fourth-order valence-corrected chi connectivity index (χ4v) is 2.66. The van der Waals surface area contributed by atoms with E-state index in [4.69, 9.17) is 5.73 Å². The summed E-state index contributed by atoms with van der Waals surface area (Å²) >= 11 is 0. The van der Waals surface area contributed by atoms with Gasteiger partial charge in [-0.25, -0.2) is 0 Å². The van der Waals surface area contributed by atoms with Crippen LogP contribution in [-0.2, 0) is 0 Å². The molecule has 1 aliphatic rings. The summed E-state index contributed by atoms with van der Waals surface area (Å²) in [6, 6.07) is 0. The molecule has 21 heavy (non-hydrogen) atoms. The van der Waals surface area contributed by atoms with Crippen molar-refractivity contribution in [2.24, 2.45) is 22.6 Å². The minimum atomic E-state index is 0. The zero-order valence-electron chi connectivity index (χ0n) is 14.5. The summed E-state index contributed by atoms with van der Waals surface area (Å²) in [5, 5.41) is 3.21. The number of hydrogen-bond donors (Lipinski definition) is 2. The highest BCUT2D eigenvalue weighted by Gasteiger charge is 2.29. The Morgan fingerprint density at radius 2 is 2.10 bits per heavy atom. The lowest BCUT2D eigenvalue weighted by Crippen LogP contribution is -2.51. The van der Waals surface area contributed by atoms with Crippen molar-refractivity contribution in [3.63, 3.8) is 0 Å². The first-order valence-corrected chi connectivity index (χ1v) is 8.10. The highest BCUT2D eigenvalue weighted by molar-refractivity contribution is 14.0. The minimum Gasteiger partial charge on any atom is -0.370 e. The molecule has 0 saturated carbocycles. The van der Waals surface area contributed by atoms with Gasteiger partial charge in [-0.3, -0.25) is 9.89 Å². The molecule has 0 aromatic rings. The molecule has 5 heteroatoms. The SMILES string of the molecule is CC(C)CCNC(N)=NCC(C)(C)N1CCCC(C)C1.I. The van der Waals surface area contributed by atoms with Gasteiger partial charge in [0.25, 0.3) is 0 Å². The van der Waals surface area contributed by atoms with Crippen LogP contribution in [0, 0.1) is 11.8 Å². The minimum absolute atomic E-state index is 0. The normalized spacial score (nSPS) is 21.2. The van der Waals surface area contributed by atoms with Gasteiger partial charge in [0, 0.05) is 18.6 Å². The van der Waals surface area contributed by atoms with Crippen LogP contribution in [0.1, 0.15) is 53.9 Å². The molecule has 126 valence electrons. The van der Waals surface area contributed by atoms with E-state index < -0.39 is 0 Å². The number of nitrogens with two attached hydrogens (primary N) is 1. The largest absolute Gasteiger partial charge is 0.370 e. The van der Waals surface area contributed by atoms with Gasteiger partial charge in [0.1, 0.15) is 0 Å². The topological polar surface area (TPSA) is 53.6 Å². The first-order valence-electron chi connectivity index (χ1n) is 8.10. The molecule has 0 aromatic heterocycles. The highest BCUT2D eigenvalue weighted by atomic mass is 127. The maximum Gasteiger partial charge on any atom is 0.188 e. The molecular weight excluding hydrogens is 375 g/mol. The third kappa shape index (κ3) is 8.24. The third-order valence-electron chi connectivity index (χ3n) is 4.18. The second-order valence-corrected chi connectivity index (χ2v) is 7.32. The molecule has 0 aromatic carbocycles. The van der Waals surface area contributed by atoms with Crippen molar-refractivity contribution >= 4 is 29.9 Å². The fourth-order valence-electron chi connectivity index (χ4n) is 2.66. The van der Waals surface area contributed by atoms with E-state index >= 15 is 0 Å². The summed E-state index contributed by atoms with van der Waals surface area (Å²) < 4.78 is 0. The second kappa shape index (κ2) is 9.87. The molecule has 0 radical (unpaired) electrons. The van der Waals surface area contributed by atoms with Crippen molar-refractivity contribution < 1.29 is 0 Å². The molecule has 0 spiro atoms. The maximum absolute atomic E-state index is 5.94. The number of aliphatic imine (C=N–C) groups is 1. The van der Waals surface area contributed by atoms with Gasteiger partial charge in [0.2, 0.25) is 0 Å². The monoisotopic (exact) mass is 410 g/mol. The predicted octanol–water partition coefficient (Wildman–Crippen LogP) is 3.07. The lowest BCUT2D eigenvalue weighted by Gasteiger charge is -2.42. The Hall–Kier alpha value is -0.0400. The van der Waals surface area contributed by atoms with E-state index in [1.807, 2.05) is 0 Å². The van der Waals surface area contributed by atoms with Crippen LogP contribution in [0.15, 0.2) is 4.99 Å². The average Bonchev–Trinajstić information content (AvgIpc) is 2.36. The molecule has 0 aliphatic carbocycles. The van der Waals surface area contributed by atoms with Gasteiger partial charge in [-0.2, -0.15) is 0 Å². The summed E-state index contributed by atoms with van der Waals surface area (Å²) in [4.78, 5) is 7.10. The first-order chi connectivity index (χ1) is 9.31. The van der Waals surface area contributed by atoms with Gasteiger partial charge < -0.3 is 11.1 Å². The van der Waals surface area contributed by atoms with Gasteiger partial charge >= 0.3 is 0 Å². The maximum atomic E-state index is 5.94. The molecule has 1 saturated heterocycles. The number of guanidine groups is 1. The third-order valence-corrected chi connectivity index (χ3v) is 4.18. The fraction of sp³-hybridized carbons (Fsp3) is 0.938. The van der Waals surface area contributed by atoms with Crippen LogP contribution in [0.3, 0.4) is 0 Å². The molecule has 1 heterocycles. The lowest BCUT2D eigenvalue weighted by molar-refractivity contribution is 0.0775. The Labute approximate surface area is 148 Å². The van der Waals surface area contributed by atoms with Crippen molar-refractivity contribution in [2.45, 2.75) is 59.4 Å². The van der Waals surface area contributed by atoms with Crippen molar-refractivity contribution in [3.05, 3.63) is 0 Å². The summed E-state index contributed by atoms with van der Waals surface area (Å²) in [5.41, 5.74) is 6.04. The Morgan fingerprint density at radius 1 is 1.43 bits per heavy atom. The van der Waals surface area contributed by atoms with Crippen LogP contribution in [0.25, 0.3) is 0 Å². The molecule has 0 bridgehead atoms. The Balaban J connectivity index is 0.00000400. The Morgan fingerprint density at radius 3 is 2.67 bits per heavy atom. The molecule has 1 unspecified atom stereocenters. The van der Waals surface area contributed by atoms with Crippen LogP contribution in [0.2, 0.25) is 0 Å². The van der Waals surface area contributed by atoms with Crippen LogP contribution in [-0.4, -0.2) is 42.6 Å². The number of halogens is 1. The number of likely N-dealkylation sites (tertiary alicyclic amines) is 1. The lowest BCUT2D eigenvalue weighted by atomic mass is 9.94. The summed E-state index contributed by atoms with van der Waals surface area (Å²) in [6.07, 6.45) is 3.79. The van der Waals surface area contributed by atoms with E-state index in [0.29, 0.717) is 11.9 Å². The van der Waals surface area contributed by atoms with E-state index in [2.05, 4.69) is 49.8 Å². The van der Waals surface area contributed by atoms with Crippen LogP contribution in [0.5, 0.6) is 0 Å². The molecule has 4 nitrogen and oxygen atoms in total. The smallest absolute Gasteiger partial charge is 0.188 e. The van der Waals surface area contributed by atoms with Gasteiger partial charge in [0.05, 0.1) is 6.54 Å². The Bertz CT molecular complexity index is 315. The molecule has 1 rings (SSSR count). The van der Waals surface area contributed by atoms with E-state index in [1.165, 1.54) is 25.9 Å². The molecule has 1 atom stereocenters. The predicted molar refractivity (Wildman–Crippen MR) is 103 cm³/mol. The molecule has 1 aliphatic heterocycles. The van der Waals surface area contributed by atoms with Crippen LogP contribution < -0.4 is 11.1 Å². The van der Waals surface area contributed by atoms with Crippen molar-refractivity contribution in [3.8, 4) is 0 Å². The summed E-state index contributed by atoms with van der Waals surface area (Å²) in [7, 11) is 0. The second-order valence-electron chi connectivity index (χ2n) is 7.32. The molecular formula is C16H35IN4. The highest BCUT2D eigenvalue weighted by Crippen LogP contribution is 2.23. The average molecular weight is 410 g/mol. The number of nitrogens with one attached hydrogen (secondary N) is 1. The van der Waals surface area contributed by atoms with Gasteiger partial charge in [-0.15, -0.1) is 24.0 Å². The van der Waals surface area contributed by atoms with Gasteiger partial charge in [-0.05, 0) is 51.5 Å². The zero-order chi connectivity index (χ0) is 15.2. The summed E-state index contributed by atoms with van der Waals surface area (Å²) in [5.74, 6) is 2.08.